The van der Waals surface area contributed by atoms with Gasteiger partial charge in [0.1, 0.15) is 5.75 Å². The molecule has 0 aliphatic rings. The van der Waals surface area contributed by atoms with Crippen molar-refractivity contribution in [3.8, 4) is 5.75 Å². The Morgan fingerprint density at radius 1 is 0.844 bits per heavy atom. The Morgan fingerprint density at radius 3 is 2.03 bits per heavy atom. The fourth-order valence-electron chi connectivity index (χ4n) is 3.29. The van der Waals surface area contributed by atoms with Crippen molar-refractivity contribution >= 4 is 17.5 Å². The Labute approximate surface area is 189 Å². The van der Waals surface area contributed by atoms with Gasteiger partial charge in [0.15, 0.2) is 0 Å². The molecule has 0 bridgehead atoms. The van der Waals surface area contributed by atoms with E-state index in [1.165, 1.54) is 5.56 Å². The SMILES string of the molecule is COc1ccc(C)cc1NC(=O)c1ccc(CNC(=O)c2ccc(C(C)(C)C)cc2)cc1. The van der Waals surface area contributed by atoms with E-state index in [9.17, 15) is 9.59 Å². The second-order valence-corrected chi connectivity index (χ2v) is 8.86. The van der Waals surface area contributed by atoms with Gasteiger partial charge in [-0.15, -0.1) is 0 Å². The topological polar surface area (TPSA) is 67.4 Å². The number of amides is 2. The van der Waals surface area contributed by atoms with E-state index in [4.69, 9.17) is 4.74 Å². The average Bonchev–Trinajstić information content (AvgIpc) is 2.77. The summed E-state index contributed by atoms with van der Waals surface area (Å²) in [5.41, 5.74) is 4.96. The molecule has 0 fully saturated rings. The van der Waals surface area contributed by atoms with E-state index in [-0.39, 0.29) is 17.2 Å². The molecule has 2 N–H and O–H groups in total. The van der Waals surface area contributed by atoms with Gasteiger partial charge in [-0.25, -0.2) is 0 Å². The molecule has 0 saturated carbocycles. The Hall–Kier alpha value is -3.60. The summed E-state index contributed by atoms with van der Waals surface area (Å²) in [6, 6.07) is 20.5. The second-order valence-electron chi connectivity index (χ2n) is 8.86. The second kappa shape index (κ2) is 9.69. The summed E-state index contributed by atoms with van der Waals surface area (Å²) in [5.74, 6) is 0.265. The van der Waals surface area contributed by atoms with Crippen LogP contribution >= 0.6 is 0 Å². The van der Waals surface area contributed by atoms with Crippen molar-refractivity contribution in [2.45, 2.75) is 39.7 Å². The van der Waals surface area contributed by atoms with Crippen LogP contribution in [0.2, 0.25) is 0 Å². The van der Waals surface area contributed by atoms with E-state index in [1.807, 2.05) is 61.5 Å². The van der Waals surface area contributed by atoms with Gasteiger partial charge >= 0.3 is 0 Å². The van der Waals surface area contributed by atoms with E-state index in [0.29, 0.717) is 29.1 Å². The number of carbonyl (C=O) groups excluding carboxylic acids is 2. The van der Waals surface area contributed by atoms with Crippen LogP contribution in [0.1, 0.15) is 58.2 Å². The van der Waals surface area contributed by atoms with Crippen LogP contribution in [-0.4, -0.2) is 18.9 Å². The lowest BCUT2D eigenvalue weighted by atomic mass is 9.87. The number of methoxy groups -OCH3 is 1. The van der Waals surface area contributed by atoms with Crippen LogP contribution in [0.25, 0.3) is 0 Å². The highest BCUT2D eigenvalue weighted by Crippen LogP contribution is 2.26. The van der Waals surface area contributed by atoms with Crippen molar-refractivity contribution in [1.29, 1.82) is 0 Å². The molecule has 2 amide bonds. The number of anilines is 1. The summed E-state index contributed by atoms with van der Waals surface area (Å²) in [7, 11) is 1.57. The molecule has 0 aromatic heterocycles. The summed E-state index contributed by atoms with van der Waals surface area (Å²) in [5, 5.41) is 5.82. The minimum atomic E-state index is -0.219. The van der Waals surface area contributed by atoms with Crippen molar-refractivity contribution < 1.29 is 14.3 Å². The first-order valence-electron chi connectivity index (χ1n) is 10.6. The molecule has 32 heavy (non-hydrogen) atoms. The maximum atomic E-state index is 12.6. The number of hydrogen-bond acceptors (Lipinski definition) is 3. The smallest absolute Gasteiger partial charge is 0.255 e. The Balaban J connectivity index is 1.59. The summed E-state index contributed by atoms with van der Waals surface area (Å²) in [6.45, 7) is 8.76. The molecule has 0 unspecified atom stereocenters. The van der Waals surface area contributed by atoms with Crippen LogP contribution in [0.15, 0.2) is 66.7 Å². The number of ether oxygens (including phenoxy) is 1. The van der Waals surface area contributed by atoms with Gasteiger partial charge in [0.25, 0.3) is 11.8 Å². The molecule has 0 radical (unpaired) electrons. The molecule has 166 valence electrons. The lowest BCUT2D eigenvalue weighted by Gasteiger charge is -2.19. The van der Waals surface area contributed by atoms with E-state index < -0.39 is 0 Å². The van der Waals surface area contributed by atoms with Crippen LogP contribution in [0, 0.1) is 6.92 Å². The van der Waals surface area contributed by atoms with Gasteiger partial charge in [-0.2, -0.15) is 0 Å². The molecule has 3 aromatic carbocycles. The number of aryl methyl sites for hydroxylation is 1. The van der Waals surface area contributed by atoms with Gasteiger partial charge in [0.2, 0.25) is 0 Å². The molecule has 0 heterocycles. The molecular formula is C27H30N2O3. The lowest BCUT2D eigenvalue weighted by Crippen LogP contribution is -2.23. The zero-order valence-corrected chi connectivity index (χ0v) is 19.3. The minimum Gasteiger partial charge on any atom is -0.495 e. The van der Waals surface area contributed by atoms with Crippen LogP contribution in [-0.2, 0) is 12.0 Å². The Kier molecular flexibility index (Phi) is 6.98. The van der Waals surface area contributed by atoms with Crippen LogP contribution in [0.5, 0.6) is 5.75 Å². The number of nitrogens with one attached hydrogen (secondary N) is 2. The van der Waals surface area contributed by atoms with E-state index in [2.05, 4.69) is 31.4 Å². The maximum absolute atomic E-state index is 12.6. The highest BCUT2D eigenvalue weighted by molar-refractivity contribution is 6.05. The summed E-state index contributed by atoms with van der Waals surface area (Å²) in [6.07, 6.45) is 0. The molecule has 5 heteroatoms. The fourth-order valence-corrected chi connectivity index (χ4v) is 3.29. The summed E-state index contributed by atoms with van der Waals surface area (Å²) < 4.78 is 5.32. The van der Waals surface area contributed by atoms with Crippen LogP contribution < -0.4 is 15.4 Å². The lowest BCUT2D eigenvalue weighted by molar-refractivity contribution is 0.0949. The predicted octanol–water partition coefficient (Wildman–Crippen LogP) is 5.48. The van der Waals surface area contributed by atoms with E-state index in [0.717, 1.165) is 11.1 Å². The van der Waals surface area contributed by atoms with E-state index in [1.54, 1.807) is 19.2 Å². The third-order valence-corrected chi connectivity index (χ3v) is 5.29. The third-order valence-electron chi connectivity index (χ3n) is 5.29. The Morgan fingerprint density at radius 2 is 1.44 bits per heavy atom. The Bertz CT molecular complexity index is 1100. The molecule has 3 rings (SSSR count). The number of benzene rings is 3. The first-order valence-corrected chi connectivity index (χ1v) is 10.6. The summed E-state index contributed by atoms with van der Waals surface area (Å²) >= 11 is 0. The first-order chi connectivity index (χ1) is 15.2. The van der Waals surface area contributed by atoms with Crippen molar-refractivity contribution in [3.63, 3.8) is 0 Å². The minimum absolute atomic E-state index is 0.0491. The van der Waals surface area contributed by atoms with Gasteiger partial charge in [0.05, 0.1) is 12.8 Å². The van der Waals surface area contributed by atoms with Gasteiger partial charge < -0.3 is 15.4 Å². The van der Waals surface area contributed by atoms with Gasteiger partial charge in [-0.1, -0.05) is 51.1 Å². The average molecular weight is 431 g/mol. The van der Waals surface area contributed by atoms with Crippen LogP contribution in [0.3, 0.4) is 0 Å². The number of hydrogen-bond donors (Lipinski definition) is 2. The van der Waals surface area contributed by atoms with Gasteiger partial charge in [-0.05, 0) is 65.4 Å². The van der Waals surface area contributed by atoms with Crippen LogP contribution in [0.4, 0.5) is 5.69 Å². The molecule has 0 spiro atoms. The normalized spacial score (nSPS) is 11.0. The van der Waals surface area contributed by atoms with E-state index >= 15 is 0 Å². The number of rotatable bonds is 6. The zero-order valence-electron chi connectivity index (χ0n) is 19.3. The summed E-state index contributed by atoms with van der Waals surface area (Å²) in [4.78, 5) is 25.1. The molecule has 0 aliphatic heterocycles. The zero-order chi connectivity index (χ0) is 23.3. The molecular weight excluding hydrogens is 400 g/mol. The van der Waals surface area contributed by atoms with Gasteiger partial charge in [0, 0.05) is 17.7 Å². The standard InChI is InChI=1S/C27H30N2O3/c1-18-6-15-24(32-5)23(16-18)29-26(31)21-9-7-19(8-10-21)17-28-25(30)20-11-13-22(14-12-20)27(2,3)4/h6-16H,17H2,1-5H3,(H,28,30)(H,29,31). The predicted molar refractivity (Wildman–Crippen MR) is 128 cm³/mol. The highest BCUT2D eigenvalue weighted by Gasteiger charge is 2.14. The van der Waals surface area contributed by atoms with Crippen molar-refractivity contribution in [1.82, 2.24) is 5.32 Å². The molecule has 0 saturated heterocycles. The number of carbonyl (C=O) groups is 2. The first kappa shape index (κ1) is 23.1. The highest BCUT2D eigenvalue weighted by atomic mass is 16.5. The monoisotopic (exact) mass is 430 g/mol. The largest absolute Gasteiger partial charge is 0.495 e. The third kappa shape index (κ3) is 5.76. The van der Waals surface area contributed by atoms with Crippen molar-refractivity contribution in [2.75, 3.05) is 12.4 Å². The maximum Gasteiger partial charge on any atom is 0.255 e. The molecule has 0 atom stereocenters. The molecule has 3 aromatic rings. The fraction of sp³-hybridized carbons (Fsp3) is 0.259. The quantitative estimate of drug-likeness (QED) is 0.544. The molecule has 5 nitrogen and oxygen atoms in total. The van der Waals surface area contributed by atoms with Gasteiger partial charge in [-0.3, -0.25) is 9.59 Å². The van der Waals surface area contributed by atoms with Crippen molar-refractivity contribution in [2.24, 2.45) is 0 Å². The van der Waals surface area contributed by atoms with Crippen molar-refractivity contribution in [3.05, 3.63) is 94.5 Å². The molecule has 0 aliphatic carbocycles.